The Morgan fingerprint density at radius 3 is 3.06 bits per heavy atom. The Labute approximate surface area is 96.9 Å². The molecule has 1 saturated heterocycles. The van der Waals surface area contributed by atoms with Gasteiger partial charge in [-0.3, -0.25) is 0 Å². The standard InChI is InChI=1S/C12H20N4/c1-10-11(8-13)4-2-3-7-16(10)12-5-6-14-9-15-12/h5-6,9-11H,2-4,7-8,13H2,1H3/t10-,11-/m1/s1. The molecule has 88 valence electrons. The van der Waals surface area contributed by atoms with Gasteiger partial charge < -0.3 is 10.6 Å². The molecule has 0 saturated carbocycles. The van der Waals surface area contributed by atoms with Gasteiger partial charge in [0, 0.05) is 18.8 Å². The van der Waals surface area contributed by atoms with Gasteiger partial charge in [0.05, 0.1) is 0 Å². The van der Waals surface area contributed by atoms with E-state index in [0.717, 1.165) is 18.9 Å². The second kappa shape index (κ2) is 5.25. The second-order valence-electron chi connectivity index (χ2n) is 4.49. The Morgan fingerprint density at radius 2 is 2.38 bits per heavy atom. The van der Waals surface area contributed by atoms with E-state index >= 15 is 0 Å². The van der Waals surface area contributed by atoms with Gasteiger partial charge in [-0.2, -0.15) is 0 Å². The summed E-state index contributed by atoms with van der Waals surface area (Å²) in [6, 6.07) is 2.46. The largest absolute Gasteiger partial charge is 0.353 e. The summed E-state index contributed by atoms with van der Waals surface area (Å²) in [4.78, 5) is 10.7. The molecule has 2 heterocycles. The molecule has 4 nitrogen and oxygen atoms in total. The number of hydrogen-bond donors (Lipinski definition) is 1. The quantitative estimate of drug-likeness (QED) is 0.819. The number of hydrogen-bond acceptors (Lipinski definition) is 4. The van der Waals surface area contributed by atoms with Crippen molar-refractivity contribution in [3.8, 4) is 0 Å². The topological polar surface area (TPSA) is 55.0 Å². The van der Waals surface area contributed by atoms with Crippen molar-refractivity contribution in [2.24, 2.45) is 11.7 Å². The van der Waals surface area contributed by atoms with E-state index in [2.05, 4.69) is 21.8 Å². The minimum absolute atomic E-state index is 0.474. The fourth-order valence-electron chi connectivity index (χ4n) is 2.48. The van der Waals surface area contributed by atoms with Crippen LogP contribution in [0.1, 0.15) is 26.2 Å². The molecule has 0 spiro atoms. The number of nitrogens with zero attached hydrogens (tertiary/aromatic N) is 3. The first-order chi connectivity index (χ1) is 7.83. The summed E-state index contributed by atoms with van der Waals surface area (Å²) in [5, 5.41) is 0. The molecular formula is C12H20N4. The maximum Gasteiger partial charge on any atom is 0.132 e. The SMILES string of the molecule is C[C@@H]1[C@@H](CN)CCCCN1c1ccncn1. The smallest absolute Gasteiger partial charge is 0.132 e. The lowest BCUT2D eigenvalue weighted by Crippen LogP contribution is -2.40. The monoisotopic (exact) mass is 220 g/mol. The lowest BCUT2D eigenvalue weighted by atomic mass is 9.96. The Bertz CT molecular complexity index is 314. The third-order valence-corrected chi connectivity index (χ3v) is 3.56. The lowest BCUT2D eigenvalue weighted by molar-refractivity contribution is 0.422. The lowest BCUT2D eigenvalue weighted by Gasteiger charge is -2.32. The first kappa shape index (κ1) is 11.3. The molecule has 0 radical (unpaired) electrons. The van der Waals surface area contributed by atoms with Crippen molar-refractivity contribution in [3.05, 3.63) is 18.6 Å². The summed E-state index contributed by atoms with van der Waals surface area (Å²) in [7, 11) is 0. The van der Waals surface area contributed by atoms with Crippen LogP contribution in [0.3, 0.4) is 0 Å². The summed E-state index contributed by atoms with van der Waals surface area (Å²) in [5.74, 6) is 1.61. The van der Waals surface area contributed by atoms with Crippen LogP contribution in [0.4, 0.5) is 5.82 Å². The second-order valence-corrected chi connectivity index (χ2v) is 4.49. The van der Waals surface area contributed by atoms with E-state index in [0.29, 0.717) is 12.0 Å². The molecule has 1 aromatic rings. The zero-order valence-corrected chi connectivity index (χ0v) is 9.84. The van der Waals surface area contributed by atoms with Gasteiger partial charge in [-0.25, -0.2) is 9.97 Å². The van der Waals surface area contributed by atoms with Crippen LogP contribution in [0.2, 0.25) is 0 Å². The van der Waals surface area contributed by atoms with Crippen molar-refractivity contribution in [1.82, 2.24) is 9.97 Å². The molecule has 2 N–H and O–H groups in total. The number of nitrogens with two attached hydrogens (primary N) is 1. The first-order valence-electron chi connectivity index (χ1n) is 6.05. The molecule has 0 unspecified atom stereocenters. The average molecular weight is 220 g/mol. The van der Waals surface area contributed by atoms with Crippen LogP contribution in [0.15, 0.2) is 18.6 Å². The van der Waals surface area contributed by atoms with Crippen LogP contribution in [-0.2, 0) is 0 Å². The van der Waals surface area contributed by atoms with E-state index < -0.39 is 0 Å². The van der Waals surface area contributed by atoms with Gasteiger partial charge in [0.15, 0.2) is 0 Å². The normalized spacial score (nSPS) is 26.5. The van der Waals surface area contributed by atoms with E-state index in [1.165, 1.54) is 19.3 Å². The highest BCUT2D eigenvalue weighted by Crippen LogP contribution is 2.25. The van der Waals surface area contributed by atoms with Crippen LogP contribution >= 0.6 is 0 Å². The van der Waals surface area contributed by atoms with Crippen molar-refractivity contribution >= 4 is 5.82 Å². The highest BCUT2D eigenvalue weighted by molar-refractivity contribution is 5.38. The van der Waals surface area contributed by atoms with Crippen LogP contribution in [-0.4, -0.2) is 29.1 Å². The molecule has 1 fully saturated rings. The van der Waals surface area contributed by atoms with Crippen molar-refractivity contribution in [1.29, 1.82) is 0 Å². The number of rotatable bonds is 2. The zero-order chi connectivity index (χ0) is 11.4. The van der Waals surface area contributed by atoms with Crippen molar-refractivity contribution < 1.29 is 0 Å². The summed E-state index contributed by atoms with van der Waals surface area (Å²) < 4.78 is 0. The number of aromatic nitrogens is 2. The maximum absolute atomic E-state index is 5.84. The molecule has 16 heavy (non-hydrogen) atoms. The fraction of sp³-hybridized carbons (Fsp3) is 0.667. The van der Waals surface area contributed by atoms with Gasteiger partial charge in [0.25, 0.3) is 0 Å². The van der Waals surface area contributed by atoms with Crippen molar-refractivity contribution in [2.75, 3.05) is 18.0 Å². The minimum atomic E-state index is 0.474. The number of anilines is 1. The maximum atomic E-state index is 5.84. The predicted molar refractivity (Wildman–Crippen MR) is 65.2 cm³/mol. The molecule has 1 aliphatic rings. The molecule has 0 amide bonds. The molecule has 4 heteroatoms. The molecule has 2 atom stereocenters. The molecule has 1 aliphatic heterocycles. The van der Waals surface area contributed by atoms with Gasteiger partial charge >= 0.3 is 0 Å². The van der Waals surface area contributed by atoms with Crippen molar-refractivity contribution in [2.45, 2.75) is 32.2 Å². The van der Waals surface area contributed by atoms with Crippen molar-refractivity contribution in [3.63, 3.8) is 0 Å². The van der Waals surface area contributed by atoms with Gasteiger partial charge in [0.1, 0.15) is 12.1 Å². The van der Waals surface area contributed by atoms with Gasteiger partial charge in [-0.1, -0.05) is 6.42 Å². The molecular weight excluding hydrogens is 200 g/mol. The zero-order valence-electron chi connectivity index (χ0n) is 9.84. The Balaban J connectivity index is 2.18. The Kier molecular flexibility index (Phi) is 3.72. The third-order valence-electron chi connectivity index (χ3n) is 3.56. The summed E-state index contributed by atoms with van der Waals surface area (Å²) >= 11 is 0. The fourth-order valence-corrected chi connectivity index (χ4v) is 2.48. The van der Waals surface area contributed by atoms with E-state index in [1.54, 1.807) is 12.5 Å². The van der Waals surface area contributed by atoms with Crippen LogP contribution in [0.25, 0.3) is 0 Å². The Hall–Kier alpha value is -1.16. The Morgan fingerprint density at radius 1 is 1.50 bits per heavy atom. The van der Waals surface area contributed by atoms with E-state index in [9.17, 15) is 0 Å². The predicted octanol–water partition coefficient (Wildman–Crippen LogP) is 1.43. The summed E-state index contributed by atoms with van der Waals surface area (Å²) in [6.07, 6.45) is 7.15. The van der Waals surface area contributed by atoms with Crippen LogP contribution in [0.5, 0.6) is 0 Å². The minimum Gasteiger partial charge on any atom is -0.353 e. The van der Waals surface area contributed by atoms with E-state index in [1.807, 2.05) is 6.07 Å². The third kappa shape index (κ3) is 2.32. The average Bonchev–Trinajstić information content (AvgIpc) is 2.52. The highest BCUT2D eigenvalue weighted by Gasteiger charge is 2.25. The van der Waals surface area contributed by atoms with E-state index in [-0.39, 0.29) is 0 Å². The highest BCUT2D eigenvalue weighted by atomic mass is 15.2. The van der Waals surface area contributed by atoms with Crippen LogP contribution < -0.4 is 10.6 Å². The molecule has 2 rings (SSSR count). The van der Waals surface area contributed by atoms with Gasteiger partial charge in [0.2, 0.25) is 0 Å². The van der Waals surface area contributed by atoms with E-state index in [4.69, 9.17) is 5.73 Å². The summed E-state index contributed by atoms with van der Waals surface area (Å²) in [6.45, 7) is 4.10. The molecule has 0 bridgehead atoms. The first-order valence-corrected chi connectivity index (χ1v) is 6.05. The summed E-state index contributed by atoms with van der Waals surface area (Å²) in [5.41, 5.74) is 5.84. The molecule has 1 aromatic heterocycles. The van der Waals surface area contributed by atoms with Gasteiger partial charge in [-0.05, 0) is 38.3 Å². The molecule has 0 aromatic carbocycles. The van der Waals surface area contributed by atoms with Crippen LogP contribution in [0, 0.1) is 5.92 Å². The van der Waals surface area contributed by atoms with Gasteiger partial charge in [-0.15, -0.1) is 0 Å². The molecule has 0 aliphatic carbocycles.